The summed E-state index contributed by atoms with van der Waals surface area (Å²) in [7, 11) is 0. The standard InChI is InChI=1S/C15H11N5O3.C2H6/c16-14(21)13-15(17-9-5-2-1-3-6-9)18-10-7-4-8-11(20(22)23)12(10)19-13;1-2/h1-8H,(H2,16,21)(H,17,18);1-2H3. The smallest absolute Gasteiger partial charge is 0.297 e. The van der Waals surface area contributed by atoms with Crippen molar-refractivity contribution in [2.45, 2.75) is 13.8 Å². The number of amides is 1. The van der Waals surface area contributed by atoms with Gasteiger partial charge < -0.3 is 11.1 Å². The summed E-state index contributed by atoms with van der Waals surface area (Å²) in [5.74, 6) is -0.673. The lowest BCUT2D eigenvalue weighted by Crippen LogP contribution is -2.17. The molecule has 3 rings (SSSR count). The van der Waals surface area contributed by atoms with Crippen LogP contribution in [0.3, 0.4) is 0 Å². The van der Waals surface area contributed by atoms with Crippen molar-refractivity contribution in [3.63, 3.8) is 0 Å². The van der Waals surface area contributed by atoms with Crippen molar-refractivity contribution < 1.29 is 9.72 Å². The number of nitrogens with two attached hydrogens (primary N) is 1. The summed E-state index contributed by atoms with van der Waals surface area (Å²) < 4.78 is 0. The second-order valence-electron chi connectivity index (χ2n) is 4.68. The molecular formula is C17H17N5O3. The number of carbonyl (C=O) groups is 1. The summed E-state index contributed by atoms with van der Waals surface area (Å²) in [6.45, 7) is 4.00. The molecule has 0 radical (unpaired) electrons. The number of fused-ring (bicyclic) bond motifs is 1. The number of primary amides is 1. The average Bonchev–Trinajstić information content (AvgIpc) is 2.63. The Hall–Kier alpha value is -3.55. The van der Waals surface area contributed by atoms with E-state index in [1.54, 1.807) is 18.2 Å². The average molecular weight is 339 g/mol. The lowest BCUT2D eigenvalue weighted by molar-refractivity contribution is -0.383. The van der Waals surface area contributed by atoms with Gasteiger partial charge in [0.15, 0.2) is 17.0 Å². The van der Waals surface area contributed by atoms with Crippen LogP contribution in [0, 0.1) is 10.1 Å². The second-order valence-corrected chi connectivity index (χ2v) is 4.68. The molecule has 0 aliphatic carbocycles. The molecule has 0 bridgehead atoms. The molecule has 0 unspecified atom stereocenters. The van der Waals surface area contributed by atoms with Gasteiger partial charge in [-0.25, -0.2) is 9.97 Å². The molecule has 3 N–H and O–H groups in total. The molecule has 1 heterocycles. The van der Waals surface area contributed by atoms with Crippen LogP contribution in [0.4, 0.5) is 17.2 Å². The molecule has 0 saturated carbocycles. The van der Waals surface area contributed by atoms with Gasteiger partial charge in [0.1, 0.15) is 0 Å². The molecular weight excluding hydrogens is 322 g/mol. The highest BCUT2D eigenvalue weighted by molar-refractivity contribution is 5.99. The van der Waals surface area contributed by atoms with E-state index in [0.717, 1.165) is 0 Å². The molecule has 8 nitrogen and oxygen atoms in total. The van der Waals surface area contributed by atoms with Crippen molar-refractivity contribution >= 4 is 34.1 Å². The lowest BCUT2D eigenvalue weighted by atomic mass is 10.2. The highest BCUT2D eigenvalue weighted by atomic mass is 16.6. The van der Waals surface area contributed by atoms with Gasteiger partial charge in [-0.3, -0.25) is 14.9 Å². The zero-order chi connectivity index (χ0) is 18.4. The lowest BCUT2D eigenvalue weighted by Gasteiger charge is -2.10. The van der Waals surface area contributed by atoms with Crippen molar-refractivity contribution in [2.75, 3.05) is 5.32 Å². The van der Waals surface area contributed by atoms with Crippen LogP contribution in [0.1, 0.15) is 24.3 Å². The third kappa shape index (κ3) is 3.86. The van der Waals surface area contributed by atoms with E-state index in [9.17, 15) is 14.9 Å². The van der Waals surface area contributed by atoms with Crippen molar-refractivity contribution in [2.24, 2.45) is 5.73 Å². The Morgan fingerprint density at radius 1 is 1.08 bits per heavy atom. The summed E-state index contributed by atoms with van der Waals surface area (Å²) in [6, 6.07) is 13.4. The summed E-state index contributed by atoms with van der Waals surface area (Å²) in [4.78, 5) is 30.5. The van der Waals surface area contributed by atoms with E-state index in [0.29, 0.717) is 11.2 Å². The van der Waals surface area contributed by atoms with Crippen molar-refractivity contribution in [1.29, 1.82) is 0 Å². The van der Waals surface area contributed by atoms with Crippen LogP contribution in [0.15, 0.2) is 48.5 Å². The van der Waals surface area contributed by atoms with Crippen molar-refractivity contribution in [3.05, 3.63) is 64.3 Å². The van der Waals surface area contributed by atoms with Gasteiger partial charge in [-0.1, -0.05) is 38.1 Å². The number of carbonyl (C=O) groups excluding carboxylic acids is 1. The molecule has 2 aromatic carbocycles. The number of anilines is 2. The predicted molar refractivity (Wildman–Crippen MR) is 95.8 cm³/mol. The van der Waals surface area contributed by atoms with E-state index in [4.69, 9.17) is 5.73 Å². The Bertz CT molecular complexity index is 913. The molecule has 1 amide bonds. The largest absolute Gasteiger partial charge is 0.364 e. The number of hydrogen-bond acceptors (Lipinski definition) is 6. The number of nitro groups is 1. The number of nitrogens with one attached hydrogen (secondary N) is 1. The number of nitro benzene ring substituents is 1. The Labute approximate surface area is 143 Å². The number of rotatable bonds is 4. The molecule has 0 saturated heterocycles. The molecule has 0 atom stereocenters. The second kappa shape index (κ2) is 7.82. The molecule has 1 aromatic heterocycles. The molecule has 0 aliphatic heterocycles. The predicted octanol–water partition coefficient (Wildman–Crippen LogP) is 3.41. The van der Waals surface area contributed by atoms with E-state index < -0.39 is 10.8 Å². The summed E-state index contributed by atoms with van der Waals surface area (Å²) in [5, 5.41) is 14.0. The quantitative estimate of drug-likeness (QED) is 0.554. The van der Waals surface area contributed by atoms with Gasteiger partial charge in [-0.15, -0.1) is 0 Å². The van der Waals surface area contributed by atoms with Crippen LogP contribution in [-0.2, 0) is 0 Å². The Morgan fingerprint density at radius 3 is 2.36 bits per heavy atom. The minimum atomic E-state index is -0.823. The third-order valence-corrected chi connectivity index (χ3v) is 3.14. The number of para-hydroxylation sites is 2. The van der Waals surface area contributed by atoms with Gasteiger partial charge in [-0.2, -0.15) is 0 Å². The zero-order valence-corrected chi connectivity index (χ0v) is 13.8. The van der Waals surface area contributed by atoms with Gasteiger partial charge in [0, 0.05) is 11.8 Å². The van der Waals surface area contributed by atoms with Crippen LogP contribution < -0.4 is 11.1 Å². The van der Waals surface area contributed by atoms with E-state index >= 15 is 0 Å². The van der Waals surface area contributed by atoms with E-state index in [1.165, 1.54) is 12.1 Å². The third-order valence-electron chi connectivity index (χ3n) is 3.14. The summed E-state index contributed by atoms with van der Waals surface area (Å²) in [6.07, 6.45) is 0. The van der Waals surface area contributed by atoms with Crippen molar-refractivity contribution in [3.8, 4) is 0 Å². The van der Waals surface area contributed by atoms with Crippen LogP contribution in [0.5, 0.6) is 0 Å². The number of nitrogens with zero attached hydrogens (tertiary/aromatic N) is 3. The van der Waals surface area contributed by atoms with Gasteiger partial charge in [0.2, 0.25) is 0 Å². The molecule has 25 heavy (non-hydrogen) atoms. The molecule has 128 valence electrons. The van der Waals surface area contributed by atoms with Gasteiger partial charge in [0.05, 0.1) is 10.4 Å². The van der Waals surface area contributed by atoms with Crippen LogP contribution in [-0.4, -0.2) is 20.8 Å². The molecule has 3 aromatic rings. The van der Waals surface area contributed by atoms with E-state index in [-0.39, 0.29) is 22.7 Å². The molecule has 0 fully saturated rings. The number of non-ortho nitro benzene ring substituents is 1. The molecule has 8 heteroatoms. The Balaban J connectivity index is 0.00000109. The highest BCUT2D eigenvalue weighted by Crippen LogP contribution is 2.26. The van der Waals surface area contributed by atoms with Crippen LogP contribution in [0.2, 0.25) is 0 Å². The van der Waals surface area contributed by atoms with Crippen LogP contribution >= 0.6 is 0 Å². The number of aromatic nitrogens is 2. The summed E-state index contributed by atoms with van der Waals surface area (Å²) in [5.41, 5.74) is 5.95. The van der Waals surface area contributed by atoms with Gasteiger partial charge in [-0.05, 0) is 18.2 Å². The zero-order valence-electron chi connectivity index (χ0n) is 13.8. The van der Waals surface area contributed by atoms with Gasteiger partial charge >= 0.3 is 0 Å². The van der Waals surface area contributed by atoms with Crippen molar-refractivity contribution in [1.82, 2.24) is 9.97 Å². The first kappa shape index (κ1) is 17.8. The SMILES string of the molecule is CC.NC(=O)c1nc2c([N+](=O)[O-])cccc2nc1Nc1ccccc1. The maximum absolute atomic E-state index is 11.6. The summed E-state index contributed by atoms with van der Waals surface area (Å²) >= 11 is 0. The molecule has 0 aliphatic rings. The maximum atomic E-state index is 11.6. The fraction of sp³-hybridized carbons (Fsp3) is 0.118. The normalized spacial score (nSPS) is 9.84. The number of hydrogen-bond donors (Lipinski definition) is 2. The first-order valence-electron chi connectivity index (χ1n) is 7.63. The van der Waals surface area contributed by atoms with Crippen LogP contribution in [0.25, 0.3) is 11.0 Å². The Morgan fingerprint density at radius 2 is 1.76 bits per heavy atom. The Kier molecular flexibility index (Phi) is 5.57. The topological polar surface area (TPSA) is 124 Å². The first-order chi connectivity index (χ1) is 12.1. The highest BCUT2D eigenvalue weighted by Gasteiger charge is 2.19. The van der Waals surface area contributed by atoms with E-state index in [1.807, 2.05) is 32.0 Å². The fourth-order valence-corrected chi connectivity index (χ4v) is 2.13. The minimum absolute atomic E-state index is 0.0184. The monoisotopic (exact) mass is 339 g/mol. The molecule has 0 spiro atoms. The fourth-order valence-electron chi connectivity index (χ4n) is 2.13. The first-order valence-corrected chi connectivity index (χ1v) is 7.63. The van der Waals surface area contributed by atoms with E-state index in [2.05, 4.69) is 15.3 Å². The number of benzene rings is 2. The van der Waals surface area contributed by atoms with Gasteiger partial charge in [0.25, 0.3) is 11.6 Å². The maximum Gasteiger partial charge on any atom is 0.297 e. The minimum Gasteiger partial charge on any atom is -0.364 e.